The molecule has 2 N–H and O–H groups in total. The van der Waals surface area contributed by atoms with Crippen LogP contribution in [0.25, 0.3) is 0 Å². The van der Waals surface area contributed by atoms with Gasteiger partial charge in [-0.1, -0.05) is 13.8 Å². The van der Waals surface area contributed by atoms with Gasteiger partial charge in [-0.15, -0.1) is 11.3 Å². The lowest BCUT2D eigenvalue weighted by atomic mass is 9.75. The third-order valence-corrected chi connectivity index (χ3v) is 5.20. The van der Waals surface area contributed by atoms with E-state index in [2.05, 4.69) is 29.5 Å². The number of thiazole rings is 1. The van der Waals surface area contributed by atoms with E-state index in [0.29, 0.717) is 5.92 Å². The predicted molar refractivity (Wildman–Crippen MR) is 78.2 cm³/mol. The Morgan fingerprint density at radius 1 is 1.53 bits per heavy atom. The van der Waals surface area contributed by atoms with E-state index < -0.39 is 0 Å². The highest BCUT2D eigenvalue weighted by atomic mass is 32.1. The number of aromatic nitrogens is 1. The van der Waals surface area contributed by atoms with Crippen LogP contribution in [0.1, 0.15) is 43.1 Å². The summed E-state index contributed by atoms with van der Waals surface area (Å²) in [5, 5.41) is 7.44. The summed E-state index contributed by atoms with van der Waals surface area (Å²) in [6, 6.07) is -0.0116. The van der Waals surface area contributed by atoms with Gasteiger partial charge in [-0.25, -0.2) is 4.98 Å². The second-order valence-electron chi connectivity index (χ2n) is 5.74. The van der Waals surface area contributed by atoms with Crippen molar-refractivity contribution < 1.29 is 4.79 Å². The third kappa shape index (κ3) is 2.82. The maximum absolute atomic E-state index is 12.6. The van der Waals surface area contributed by atoms with Crippen LogP contribution in [0.5, 0.6) is 0 Å². The van der Waals surface area contributed by atoms with Gasteiger partial charge >= 0.3 is 0 Å². The molecule has 0 radical (unpaired) electrons. The zero-order valence-electron chi connectivity index (χ0n) is 12.1. The van der Waals surface area contributed by atoms with Gasteiger partial charge in [-0.3, -0.25) is 4.79 Å². The Bertz CT molecular complexity index is 449. The largest absolute Gasteiger partial charge is 0.347 e. The molecule has 0 bridgehead atoms. The lowest BCUT2D eigenvalue weighted by molar-refractivity contribution is -0.133. The molecule has 4 nitrogen and oxygen atoms in total. The van der Waals surface area contributed by atoms with Crippen molar-refractivity contribution in [3.8, 4) is 0 Å². The maximum Gasteiger partial charge on any atom is 0.228 e. The molecule has 0 spiro atoms. The average molecular weight is 281 g/mol. The van der Waals surface area contributed by atoms with Gasteiger partial charge in [0.25, 0.3) is 0 Å². The minimum absolute atomic E-state index is 0.0116. The average Bonchev–Trinajstić information content (AvgIpc) is 2.97. The Morgan fingerprint density at radius 3 is 2.74 bits per heavy atom. The highest BCUT2D eigenvalue weighted by Gasteiger charge is 2.44. The predicted octanol–water partition coefficient (Wildman–Crippen LogP) is 2.26. The first-order valence-electron chi connectivity index (χ1n) is 6.90. The third-order valence-electron chi connectivity index (χ3n) is 4.10. The molecule has 2 heterocycles. The summed E-state index contributed by atoms with van der Waals surface area (Å²) in [6.07, 6.45) is 2.78. The number of carbonyl (C=O) groups is 1. The molecule has 1 aromatic heterocycles. The first-order chi connectivity index (χ1) is 8.95. The van der Waals surface area contributed by atoms with Crippen LogP contribution in [-0.2, 0) is 4.79 Å². The van der Waals surface area contributed by atoms with Gasteiger partial charge in [0.05, 0.1) is 11.5 Å². The van der Waals surface area contributed by atoms with Crippen LogP contribution < -0.4 is 10.6 Å². The van der Waals surface area contributed by atoms with Crippen LogP contribution in [0, 0.1) is 18.3 Å². The molecule has 1 fully saturated rings. The van der Waals surface area contributed by atoms with Gasteiger partial charge in [0, 0.05) is 17.6 Å². The lowest BCUT2D eigenvalue weighted by Gasteiger charge is -2.32. The van der Waals surface area contributed by atoms with E-state index in [-0.39, 0.29) is 17.4 Å². The standard InChI is InChI=1S/C14H23N3OS/c1-9(2)14(5-6-15-8-14)13(18)17-11(4)12-16-7-10(3)19-12/h7,9,11,15H,5-6,8H2,1-4H3,(H,17,18). The van der Waals surface area contributed by atoms with E-state index in [1.807, 2.05) is 20.0 Å². The summed E-state index contributed by atoms with van der Waals surface area (Å²) in [7, 11) is 0. The summed E-state index contributed by atoms with van der Waals surface area (Å²) < 4.78 is 0. The van der Waals surface area contributed by atoms with E-state index in [4.69, 9.17) is 0 Å². The molecule has 0 aromatic carbocycles. The quantitative estimate of drug-likeness (QED) is 0.890. The first kappa shape index (κ1) is 14.5. The molecule has 1 aromatic rings. The summed E-state index contributed by atoms with van der Waals surface area (Å²) in [5.74, 6) is 0.501. The number of hydrogen-bond donors (Lipinski definition) is 2. The van der Waals surface area contributed by atoms with Crippen molar-refractivity contribution in [1.29, 1.82) is 0 Å². The van der Waals surface area contributed by atoms with E-state index >= 15 is 0 Å². The smallest absolute Gasteiger partial charge is 0.228 e. The summed E-state index contributed by atoms with van der Waals surface area (Å²) >= 11 is 1.65. The van der Waals surface area contributed by atoms with Crippen molar-refractivity contribution in [3.63, 3.8) is 0 Å². The fourth-order valence-electron chi connectivity index (χ4n) is 2.63. The molecule has 1 aliphatic rings. The molecule has 1 saturated heterocycles. The fraction of sp³-hybridized carbons (Fsp3) is 0.714. The van der Waals surface area contributed by atoms with Crippen LogP contribution in [0.4, 0.5) is 0 Å². The van der Waals surface area contributed by atoms with E-state index in [0.717, 1.165) is 24.5 Å². The number of amides is 1. The summed E-state index contributed by atoms with van der Waals surface area (Å²) in [6.45, 7) is 10.0. The maximum atomic E-state index is 12.6. The molecule has 1 amide bonds. The van der Waals surface area contributed by atoms with Crippen molar-refractivity contribution in [2.24, 2.45) is 11.3 Å². The zero-order chi connectivity index (χ0) is 14.0. The normalized spacial score (nSPS) is 24.7. The second-order valence-corrected chi connectivity index (χ2v) is 7.01. The van der Waals surface area contributed by atoms with Crippen LogP contribution >= 0.6 is 11.3 Å². The molecule has 5 heteroatoms. The number of aryl methyl sites for hydroxylation is 1. The van der Waals surface area contributed by atoms with E-state index in [1.165, 1.54) is 4.88 Å². The Balaban J connectivity index is 2.07. The molecule has 2 unspecified atom stereocenters. The number of hydrogen-bond acceptors (Lipinski definition) is 4. The first-order valence-corrected chi connectivity index (χ1v) is 7.71. The number of rotatable bonds is 4. The molecule has 1 aliphatic heterocycles. The Kier molecular flexibility index (Phi) is 4.26. The molecular formula is C14H23N3OS. The second kappa shape index (κ2) is 5.59. The topological polar surface area (TPSA) is 54.0 Å². The van der Waals surface area contributed by atoms with Crippen LogP contribution in [0.2, 0.25) is 0 Å². The highest BCUT2D eigenvalue weighted by molar-refractivity contribution is 7.11. The molecule has 2 atom stereocenters. The monoisotopic (exact) mass is 281 g/mol. The van der Waals surface area contributed by atoms with Crippen molar-refractivity contribution >= 4 is 17.2 Å². The highest BCUT2D eigenvalue weighted by Crippen LogP contribution is 2.35. The lowest BCUT2D eigenvalue weighted by Crippen LogP contribution is -2.46. The molecule has 106 valence electrons. The Morgan fingerprint density at radius 2 is 2.26 bits per heavy atom. The summed E-state index contributed by atoms with van der Waals surface area (Å²) in [4.78, 5) is 18.2. The van der Waals surface area contributed by atoms with Gasteiger partial charge in [0.1, 0.15) is 5.01 Å². The van der Waals surface area contributed by atoms with Gasteiger partial charge in [0.2, 0.25) is 5.91 Å². The van der Waals surface area contributed by atoms with Crippen molar-refractivity contribution in [2.45, 2.75) is 40.2 Å². The van der Waals surface area contributed by atoms with Crippen molar-refractivity contribution in [2.75, 3.05) is 13.1 Å². The number of nitrogens with zero attached hydrogens (tertiary/aromatic N) is 1. The number of nitrogens with one attached hydrogen (secondary N) is 2. The SMILES string of the molecule is Cc1cnc(C(C)NC(=O)C2(C(C)C)CCNC2)s1. The van der Waals surface area contributed by atoms with Crippen LogP contribution in [0.3, 0.4) is 0 Å². The van der Waals surface area contributed by atoms with Crippen molar-refractivity contribution in [1.82, 2.24) is 15.6 Å². The molecule has 0 saturated carbocycles. The van der Waals surface area contributed by atoms with Gasteiger partial charge in [-0.05, 0) is 32.7 Å². The van der Waals surface area contributed by atoms with Crippen LogP contribution in [-0.4, -0.2) is 24.0 Å². The van der Waals surface area contributed by atoms with Gasteiger partial charge in [0.15, 0.2) is 0 Å². The Labute approximate surface area is 119 Å². The van der Waals surface area contributed by atoms with Crippen LogP contribution in [0.15, 0.2) is 6.20 Å². The van der Waals surface area contributed by atoms with Gasteiger partial charge < -0.3 is 10.6 Å². The van der Waals surface area contributed by atoms with Gasteiger partial charge in [-0.2, -0.15) is 0 Å². The minimum atomic E-state index is -0.263. The minimum Gasteiger partial charge on any atom is -0.347 e. The molecule has 0 aliphatic carbocycles. The summed E-state index contributed by atoms with van der Waals surface area (Å²) in [5.41, 5.74) is -0.263. The fourth-order valence-corrected chi connectivity index (χ4v) is 3.41. The zero-order valence-corrected chi connectivity index (χ0v) is 12.9. The molecular weight excluding hydrogens is 258 g/mol. The van der Waals surface area contributed by atoms with E-state index in [1.54, 1.807) is 11.3 Å². The van der Waals surface area contributed by atoms with E-state index in [9.17, 15) is 4.79 Å². The Hall–Kier alpha value is -0.940. The number of carbonyl (C=O) groups excluding carboxylic acids is 1. The molecule has 2 rings (SSSR count). The molecule has 19 heavy (non-hydrogen) atoms. The van der Waals surface area contributed by atoms with Crippen molar-refractivity contribution in [3.05, 3.63) is 16.1 Å².